The summed E-state index contributed by atoms with van der Waals surface area (Å²) in [6.07, 6.45) is 4.77. The molecule has 120 valence electrons. The van der Waals surface area contributed by atoms with Gasteiger partial charge >= 0.3 is 0 Å². The van der Waals surface area contributed by atoms with E-state index >= 15 is 0 Å². The zero-order chi connectivity index (χ0) is 15.6. The molecule has 1 saturated carbocycles. The first-order valence-corrected chi connectivity index (χ1v) is 8.55. The molecule has 1 aromatic carbocycles. The second-order valence-electron chi connectivity index (χ2n) is 7.20. The highest BCUT2D eigenvalue weighted by Gasteiger charge is 2.54. The lowest BCUT2D eigenvalue weighted by atomic mass is 9.96. The molecule has 1 heterocycles. The van der Waals surface area contributed by atoms with Gasteiger partial charge in [-0.1, -0.05) is 38.1 Å². The molecule has 1 spiro atoms. The molecule has 0 bridgehead atoms. The van der Waals surface area contributed by atoms with Crippen molar-refractivity contribution in [1.82, 2.24) is 5.32 Å². The van der Waals surface area contributed by atoms with Crippen molar-refractivity contribution in [3.8, 4) is 0 Å². The largest absolute Gasteiger partial charge is 0.381 e. The molecule has 22 heavy (non-hydrogen) atoms. The van der Waals surface area contributed by atoms with Crippen LogP contribution >= 0.6 is 0 Å². The highest BCUT2D eigenvalue weighted by atomic mass is 16.5. The Bertz CT molecular complexity index is 515. The predicted molar refractivity (Wildman–Crippen MR) is 87.9 cm³/mol. The maximum Gasteiger partial charge on any atom is 0.220 e. The first kappa shape index (κ1) is 15.5. The topological polar surface area (TPSA) is 38.3 Å². The van der Waals surface area contributed by atoms with Crippen molar-refractivity contribution in [3.63, 3.8) is 0 Å². The van der Waals surface area contributed by atoms with Crippen LogP contribution in [0.2, 0.25) is 0 Å². The van der Waals surface area contributed by atoms with Crippen molar-refractivity contribution >= 4 is 5.91 Å². The average molecular weight is 301 g/mol. The summed E-state index contributed by atoms with van der Waals surface area (Å²) in [5, 5.41) is 3.22. The van der Waals surface area contributed by atoms with Gasteiger partial charge in [0, 0.05) is 25.7 Å². The van der Waals surface area contributed by atoms with E-state index in [1.165, 1.54) is 11.1 Å². The third-order valence-corrected chi connectivity index (χ3v) is 5.30. The van der Waals surface area contributed by atoms with Crippen molar-refractivity contribution in [3.05, 3.63) is 35.4 Å². The van der Waals surface area contributed by atoms with Gasteiger partial charge in [-0.25, -0.2) is 0 Å². The molecule has 1 N–H and O–H groups in total. The molecular formula is C19H27NO2. The van der Waals surface area contributed by atoms with Gasteiger partial charge in [0.25, 0.3) is 0 Å². The standard InChI is InChI=1S/C19H27NO2/c1-14(2)16-6-3-15(4-7-16)5-8-18(21)20-17-13-19(17)9-11-22-12-10-19/h3-4,6-7,14,17H,5,8-13H2,1-2H3,(H,20,21). The lowest BCUT2D eigenvalue weighted by Gasteiger charge is -2.22. The van der Waals surface area contributed by atoms with Gasteiger partial charge in [0.05, 0.1) is 0 Å². The van der Waals surface area contributed by atoms with Crippen molar-refractivity contribution in [1.29, 1.82) is 0 Å². The van der Waals surface area contributed by atoms with Crippen LogP contribution in [0.5, 0.6) is 0 Å². The number of ether oxygens (including phenoxy) is 1. The predicted octanol–water partition coefficient (Wildman–Crippen LogP) is 3.43. The first-order valence-electron chi connectivity index (χ1n) is 8.55. The van der Waals surface area contributed by atoms with Crippen molar-refractivity contribution in [2.75, 3.05) is 13.2 Å². The quantitative estimate of drug-likeness (QED) is 0.905. The smallest absolute Gasteiger partial charge is 0.220 e. The number of hydrogen-bond acceptors (Lipinski definition) is 2. The molecule has 3 rings (SSSR count). The van der Waals surface area contributed by atoms with Crippen molar-refractivity contribution < 1.29 is 9.53 Å². The lowest BCUT2D eigenvalue weighted by Crippen LogP contribution is -2.32. The number of carbonyl (C=O) groups excluding carboxylic acids is 1. The summed E-state index contributed by atoms with van der Waals surface area (Å²) in [4.78, 5) is 12.1. The third kappa shape index (κ3) is 3.52. The molecular weight excluding hydrogens is 274 g/mol. The summed E-state index contributed by atoms with van der Waals surface area (Å²) >= 11 is 0. The van der Waals surface area contributed by atoms with Crippen LogP contribution in [-0.4, -0.2) is 25.2 Å². The lowest BCUT2D eigenvalue weighted by molar-refractivity contribution is -0.121. The highest BCUT2D eigenvalue weighted by molar-refractivity contribution is 5.77. The SMILES string of the molecule is CC(C)c1ccc(CCC(=O)NC2CC23CCOCC3)cc1. The minimum absolute atomic E-state index is 0.196. The van der Waals surface area contributed by atoms with Gasteiger partial charge in [-0.05, 0) is 48.1 Å². The van der Waals surface area contributed by atoms with E-state index in [2.05, 4.69) is 43.4 Å². The molecule has 1 unspecified atom stereocenters. The maximum atomic E-state index is 12.1. The highest BCUT2D eigenvalue weighted by Crippen LogP contribution is 2.53. The van der Waals surface area contributed by atoms with Gasteiger partial charge in [0.15, 0.2) is 0 Å². The minimum Gasteiger partial charge on any atom is -0.381 e. The van der Waals surface area contributed by atoms with E-state index in [9.17, 15) is 4.79 Å². The number of aryl methyl sites for hydroxylation is 1. The van der Waals surface area contributed by atoms with Gasteiger partial charge < -0.3 is 10.1 Å². The van der Waals surface area contributed by atoms with E-state index in [-0.39, 0.29) is 5.91 Å². The fraction of sp³-hybridized carbons (Fsp3) is 0.632. The Kier molecular flexibility index (Phi) is 4.53. The second kappa shape index (κ2) is 6.41. The first-order chi connectivity index (χ1) is 10.6. The molecule has 2 fully saturated rings. The van der Waals surface area contributed by atoms with E-state index in [4.69, 9.17) is 4.74 Å². The molecule has 3 heteroatoms. The van der Waals surface area contributed by atoms with Crippen molar-refractivity contribution in [2.45, 2.75) is 57.9 Å². The number of amides is 1. The minimum atomic E-state index is 0.196. The number of carbonyl (C=O) groups is 1. The molecule has 1 aliphatic carbocycles. The van der Waals surface area contributed by atoms with Gasteiger partial charge in [-0.3, -0.25) is 4.79 Å². The number of hydrogen-bond donors (Lipinski definition) is 1. The Hall–Kier alpha value is -1.35. The Labute approximate surface area is 133 Å². The van der Waals surface area contributed by atoms with E-state index in [1.54, 1.807) is 0 Å². The van der Waals surface area contributed by atoms with Crippen LogP contribution in [0.3, 0.4) is 0 Å². The summed E-state index contributed by atoms with van der Waals surface area (Å²) < 4.78 is 5.42. The van der Waals surface area contributed by atoms with E-state index in [0.717, 1.165) is 38.9 Å². The molecule has 3 nitrogen and oxygen atoms in total. The average Bonchev–Trinajstić information content (AvgIpc) is 3.17. The number of benzene rings is 1. The van der Waals surface area contributed by atoms with Gasteiger partial charge in [0.1, 0.15) is 0 Å². The summed E-state index contributed by atoms with van der Waals surface area (Å²) in [5.74, 6) is 0.754. The maximum absolute atomic E-state index is 12.1. The summed E-state index contributed by atoms with van der Waals surface area (Å²) in [6, 6.07) is 9.05. The Balaban J connectivity index is 1.43. The van der Waals surface area contributed by atoms with Crippen molar-refractivity contribution in [2.24, 2.45) is 5.41 Å². The Morgan fingerprint density at radius 3 is 2.59 bits per heavy atom. The second-order valence-corrected chi connectivity index (χ2v) is 7.20. The fourth-order valence-corrected chi connectivity index (χ4v) is 3.48. The van der Waals surface area contributed by atoms with Crippen LogP contribution in [0, 0.1) is 5.41 Å². The summed E-state index contributed by atoms with van der Waals surface area (Å²) in [5.41, 5.74) is 2.97. The van der Waals surface area contributed by atoms with E-state index in [1.807, 2.05) is 0 Å². The molecule has 1 atom stereocenters. The van der Waals surface area contributed by atoms with E-state index in [0.29, 0.717) is 23.8 Å². The van der Waals surface area contributed by atoms with Crippen LogP contribution in [0.25, 0.3) is 0 Å². The van der Waals surface area contributed by atoms with Gasteiger partial charge in [0.2, 0.25) is 5.91 Å². The molecule has 1 aliphatic heterocycles. The van der Waals surface area contributed by atoms with E-state index < -0.39 is 0 Å². The third-order valence-electron chi connectivity index (χ3n) is 5.30. The fourth-order valence-electron chi connectivity index (χ4n) is 3.48. The van der Waals surface area contributed by atoms with Gasteiger partial charge in [-0.2, -0.15) is 0 Å². The summed E-state index contributed by atoms with van der Waals surface area (Å²) in [7, 11) is 0. The summed E-state index contributed by atoms with van der Waals surface area (Å²) in [6.45, 7) is 6.11. The number of rotatable bonds is 5. The molecule has 1 amide bonds. The molecule has 2 aliphatic rings. The van der Waals surface area contributed by atoms with Gasteiger partial charge in [-0.15, -0.1) is 0 Å². The number of nitrogens with one attached hydrogen (secondary N) is 1. The molecule has 1 saturated heterocycles. The Morgan fingerprint density at radius 1 is 1.27 bits per heavy atom. The molecule has 1 aromatic rings. The zero-order valence-electron chi connectivity index (χ0n) is 13.7. The van der Waals surface area contributed by atoms with Crippen LogP contribution in [0.4, 0.5) is 0 Å². The Morgan fingerprint density at radius 2 is 1.95 bits per heavy atom. The van der Waals surface area contributed by atoms with Crippen LogP contribution in [0.1, 0.15) is 56.6 Å². The monoisotopic (exact) mass is 301 g/mol. The zero-order valence-corrected chi connectivity index (χ0v) is 13.7. The molecule has 0 aromatic heterocycles. The van der Waals surface area contributed by atoms with Crippen LogP contribution in [0.15, 0.2) is 24.3 Å². The molecule has 0 radical (unpaired) electrons. The van der Waals surface area contributed by atoms with Crippen LogP contribution in [-0.2, 0) is 16.0 Å². The normalized spacial score (nSPS) is 22.8. The van der Waals surface area contributed by atoms with Crippen LogP contribution < -0.4 is 5.32 Å².